The molecule has 0 fully saturated rings. The van der Waals surface area contributed by atoms with Crippen LogP contribution in [0.3, 0.4) is 0 Å². The van der Waals surface area contributed by atoms with E-state index < -0.39 is 0 Å². The first-order valence-electron chi connectivity index (χ1n) is 2.22. The minimum Gasteiger partial charge on any atom is -0.329 e. The normalized spacial score (nSPS) is 4.60. The maximum atomic E-state index is 8.35. The Bertz CT molecular complexity index is 87.8. The minimum absolute atomic E-state index is 0.597. The highest BCUT2D eigenvalue weighted by molar-refractivity contribution is 5.26. The molecule has 10 heavy (non-hydrogen) atoms. The van der Waals surface area contributed by atoms with Crippen LogP contribution in [0, 0.1) is 10.8 Å². The summed E-state index contributed by atoms with van der Waals surface area (Å²) in [7, 11) is 0. The molecule has 58 valence electrons. The first-order valence-corrected chi connectivity index (χ1v) is 2.22. The molecular weight excluding hydrogens is 136 g/mol. The summed E-state index contributed by atoms with van der Waals surface area (Å²) in [5.41, 5.74) is 9.81. The Morgan fingerprint density at radius 3 is 1.10 bits per heavy atom. The third-order valence-electron chi connectivity index (χ3n) is 0.167. The van der Waals surface area contributed by atoms with Crippen LogP contribution in [0.15, 0.2) is 0 Å². The summed E-state index contributed by atoms with van der Waals surface area (Å²) < 4.78 is 0. The van der Waals surface area contributed by atoms with Gasteiger partial charge in [-0.15, -0.1) is 0 Å². The van der Waals surface area contributed by atoms with Crippen LogP contribution in [0.25, 0.3) is 0 Å². The zero-order valence-corrected chi connectivity index (χ0v) is 5.39. The minimum atomic E-state index is 0.597. The van der Waals surface area contributed by atoms with E-state index in [1.807, 2.05) is 0 Å². The van der Waals surface area contributed by atoms with E-state index in [0.29, 0.717) is 13.1 Å². The summed E-state index contributed by atoms with van der Waals surface area (Å²) in [5.74, 6) is 0. The van der Waals surface area contributed by atoms with Gasteiger partial charge in [-0.1, -0.05) is 0 Å². The SMILES string of the molecule is N=C=O.N=C=O.NCCN. The van der Waals surface area contributed by atoms with E-state index in [0.717, 1.165) is 12.2 Å². The van der Waals surface area contributed by atoms with Gasteiger partial charge in [-0.2, -0.15) is 0 Å². The molecule has 0 rings (SSSR count). The monoisotopic (exact) mass is 146 g/mol. The lowest BCUT2D eigenvalue weighted by Gasteiger charge is -1.72. The maximum Gasteiger partial charge on any atom is 0.231 e. The van der Waals surface area contributed by atoms with Crippen LogP contribution in [0.1, 0.15) is 0 Å². The summed E-state index contributed by atoms with van der Waals surface area (Å²) in [6.07, 6.45) is 1.50. The second-order valence-corrected chi connectivity index (χ2v) is 0.781. The predicted molar refractivity (Wildman–Crippen MR) is 34.9 cm³/mol. The van der Waals surface area contributed by atoms with E-state index in [4.69, 9.17) is 31.9 Å². The van der Waals surface area contributed by atoms with Gasteiger partial charge in [-0.05, 0) is 0 Å². The highest BCUT2D eigenvalue weighted by Gasteiger charge is 1.54. The average Bonchev–Trinajstić information content (AvgIpc) is 1.91. The van der Waals surface area contributed by atoms with Gasteiger partial charge >= 0.3 is 0 Å². The van der Waals surface area contributed by atoms with Crippen molar-refractivity contribution in [2.24, 2.45) is 11.5 Å². The van der Waals surface area contributed by atoms with E-state index in [9.17, 15) is 0 Å². The van der Waals surface area contributed by atoms with Gasteiger partial charge in [0.1, 0.15) is 0 Å². The topological polar surface area (TPSA) is 134 Å². The fourth-order valence-corrected chi connectivity index (χ4v) is 0. The molecule has 0 aliphatic carbocycles. The van der Waals surface area contributed by atoms with E-state index >= 15 is 0 Å². The zero-order valence-electron chi connectivity index (χ0n) is 5.39. The molecule has 0 saturated carbocycles. The van der Waals surface area contributed by atoms with Crippen LogP contribution in [0.5, 0.6) is 0 Å². The second-order valence-electron chi connectivity index (χ2n) is 0.781. The van der Waals surface area contributed by atoms with E-state index in [2.05, 4.69) is 0 Å². The Morgan fingerprint density at radius 1 is 1.00 bits per heavy atom. The molecule has 0 aliphatic heterocycles. The fraction of sp³-hybridized carbons (Fsp3) is 0.500. The van der Waals surface area contributed by atoms with Gasteiger partial charge in [0.05, 0.1) is 0 Å². The third kappa shape index (κ3) is 2100. The Kier molecular flexibility index (Phi) is 75.7. The molecule has 0 aromatic rings. The van der Waals surface area contributed by atoms with Crippen molar-refractivity contribution < 1.29 is 9.59 Å². The average molecular weight is 146 g/mol. The standard InChI is InChI=1S/C2H8N2.2CHNO/c3-1-2-4;2*2-1-3/h1-4H2;2*2H. The molecule has 6 heteroatoms. The predicted octanol–water partition coefficient (Wildman–Crippen LogP) is -1.29. The molecule has 0 amide bonds. The van der Waals surface area contributed by atoms with Crippen molar-refractivity contribution in [2.75, 3.05) is 13.1 Å². The van der Waals surface area contributed by atoms with Gasteiger partial charge in [-0.3, -0.25) is 0 Å². The first-order chi connectivity index (χ1) is 4.74. The molecule has 0 aromatic carbocycles. The van der Waals surface area contributed by atoms with Crippen molar-refractivity contribution in [3.05, 3.63) is 0 Å². The molecule has 0 aromatic heterocycles. The van der Waals surface area contributed by atoms with Crippen molar-refractivity contribution in [3.63, 3.8) is 0 Å². The molecular formula is C4H10N4O2. The van der Waals surface area contributed by atoms with Crippen LogP contribution in [0.2, 0.25) is 0 Å². The summed E-state index contributed by atoms with van der Waals surface area (Å²) >= 11 is 0. The van der Waals surface area contributed by atoms with Crippen molar-refractivity contribution in [1.82, 2.24) is 0 Å². The van der Waals surface area contributed by atoms with Gasteiger partial charge < -0.3 is 11.5 Å². The van der Waals surface area contributed by atoms with Crippen LogP contribution in [-0.4, -0.2) is 25.2 Å². The van der Waals surface area contributed by atoms with E-state index in [1.54, 1.807) is 0 Å². The van der Waals surface area contributed by atoms with Crippen molar-refractivity contribution in [2.45, 2.75) is 0 Å². The van der Waals surface area contributed by atoms with Crippen LogP contribution in [-0.2, 0) is 9.59 Å². The van der Waals surface area contributed by atoms with E-state index in [1.165, 1.54) is 0 Å². The number of isocyanates is 2. The van der Waals surface area contributed by atoms with Gasteiger partial charge in [0.25, 0.3) is 0 Å². The molecule has 0 spiro atoms. The lowest BCUT2D eigenvalue weighted by molar-refractivity contribution is 0.562. The molecule has 0 saturated heterocycles. The number of rotatable bonds is 1. The summed E-state index contributed by atoms with van der Waals surface area (Å²) in [5, 5.41) is 10.8. The summed E-state index contributed by atoms with van der Waals surface area (Å²) in [6.45, 7) is 1.19. The van der Waals surface area contributed by atoms with E-state index in [-0.39, 0.29) is 0 Å². The third-order valence-corrected chi connectivity index (χ3v) is 0.167. The van der Waals surface area contributed by atoms with Crippen molar-refractivity contribution in [1.29, 1.82) is 10.8 Å². The molecule has 0 unspecified atom stereocenters. The molecule has 0 atom stereocenters. The molecule has 0 radical (unpaired) electrons. The number of hydrogen-bond donors (Lipinski definition) is 4. The lowest BCUT2D eigenvalue weighted by atomic mass is 10.7. The number of nitrogens with two attached hydrogens (primary N) is 2. The van der Waals surface area contributed by atoms with Crippen molar-refractivity contribution >= 4 is 12.2 Å². The molecule has 6 N–H and O–H groups in total. The highest BCUT2D eigenvalue weighted by atomic mass is 16.1. The van der Waals surface area contributed by atoms with Crippen LogP contribution < -0.4 is 11.5 Å². The Morgan fingerprint density at radius 2 is 1.10 bits per heavy atom. The smallest absolute Gasteiger partial charge is 0.231 e. The summed E-state index contributed by atoms with van der Waals surface area (Å²) in [4.78, 5) is 16.7. The van der Waals surface area contributed by atoms with Gasteiger partial charge in [-0.25, -0.2) is 20.4 Å². The van der Waals surface area contributed by atoms with Gasteiger partial charge in [0.15, 0.2) is 0 Å². The van der Waals surface area contributed by atoms with Crippen LogP contribution >= 0.6 is 0 Å². The van der Waals surface area contributed by atoms with Crippen molar-refractivity contribution in [3.8, 4) is 0 Å². The van der Waals surface area contributed by atoms with Gasteiger partial charge in [0, 0.05) is 13.1 Å². The first kappa shape index (κ1) is 15.9. The Balaban J connectivity index is -0.0000000750. The van der Waals surface area contributed by atoms with Gasteiger partial charge in [0.2, 0.25) is 12.2 Å². The van der Waals surface area contributed by atoms with Crippen LogP contribution in [0.4, 0.5) is 0 Å². The molecule has 0 heterocycles. The highest BCUT2D eigenvalue weighted by Crippen LogP contribution is 1.24. The zero-order chi connectivity index (χ0) is 8.83. The maximum absolute atomic E-state index is 8.35. The quantitative estimate of drug-likeness (QED) is 0.270. The number of nitrogens with one attached hydrogen (secondary N) is 2. The number of hydrogen-bond acceptors (Lipinski definition) is 6. The molecule has 0 bridgehead atoms. The Labute approximate surface area is 58.2 Å². The molecule has 6 nitrogen and oxygen atoms in total. The Hall–Kier alpha value is -1.32. The largest absolute Gasteiger partial charge is 0.329 e. The second kappa shape index (κ2) is 47.7. The fourth-order valence-electron chi connectivity index (χ4n) is 0. The lowest BCUT2D eigenvalue weighted by Crippen LogP contribution is -2.11. The summed E-state index contributed by atoms with van der Waals surface area (Å²) in [6, 6.07) is 0. The number of carbonyl (C=O) groups excluding carboxylic acids is 2. The molecule has 0 aliphatic rings.